The minimum Gasteiger partial charge on any atom is -0.465 e. The van der Waals surface area contributed by atoms with Crippen LogP contribution in [0.15, 0.2) is 24.3 Å². The van der Waals surface area contributed by atoms with Crippen molar-refractivity contribution in [3.05, 3.63) is 35.4 Å². The first-order chi connectivity index (χ1) is 15.5. The molecule has 184 valence electrons. The Balaban J connectivity index is 1.94. The molecule has 0 radical (unpaired) electrons. The molecule has 1 aliphatic rings. The molecule has 1 aromatic rings. The van der Waals surface area contributed by atoms with Gasteiger partial charge in [-0.05, 0) is 65.9 Å². The molecular weight excluding hydrogens is 422 g/mol. The molecule has 0 heterocycles. The van der Waals surface area contributed by atoms with Gasteiger partial charge in [0.25, 0.3) is 0 Å². The van der Waals surface area contributed by atoms with E-state index >= 15 is 0 Å². The second kappa shape index (κ2) is 12.0. The van der Waals surface area contributed by atoms with Crippen LogP contribution in [-0.2, 0) is 24.5 Å². The third-order valence-corrected chi connectivity index (χ3v) is 5.83. The predicted octanol–water partition coefficient (Wildman–Crippen LogP) is 2.97. The first-order valence-corrected chi connectivity index (χ1v) is 11.7. The summed E-state index contributed by atoms with van der Waals surface area (Å²) in [6.07, 6.45) is 3.07. The Morgan fingerprint density at radius 3 is 2.39 bits per heavy atom. The van der Waals surface area contributed by atoms with Crippen molar-refractivity contribution in [1.29, 1.82) is 0 Å². The van der Waals surface area contributed by atoms with Crippen LogP contribution in [0.4, 0.5) is 4.79 Å². The van der Waals surface area contributed by atoms with E-state index in [9.17, 15) is 14.4 Å². The number of carbonyl (C=O) groups is 3. The average molecular weight is 462 g/mol. The molecule has 0 aliphatic heterocycles. The van der Waals surface area contributed by atoms with E-state index in [1.807, 2.05) is 20.8 Å². The fourth-order valence-electron chi connectivity index (χ4n) is 4.15. The van der Waals surface area contributed by atoms with Crippen molar-refractivity contribution in [3.63, 3.8) is 0 Å². The summed E-state index contributed by atoms with van der Waals surface area (Å²) >= 11 is 0. The van der Waals surface area contributed by atoms with Gasteiger partial charge in [0.2, 0.25) is 5.91 Å². The molecule has 0 bridgehead atoms. The smallest absolute Gasteiger partial charge is 0.407 e. The molecule has 8 nitrogen and oxygen atoms in total. The van der Waals surface area contributed by atoms with Gasteiger partial charge in [-0.2, -0.15) is 0 Å². The first kappa shape index (κ1) is 26.6. The number of amides is 2. The molecule has 3 N–H and O–H groups in total. The lowest BCUT2D eigenvalue weighted by Gasteiger charge is -2.41. The van der Waals surface area contributed by atoms with Crippen LogP contribution in [0.2, 0.25) is 0 Å². The number of carbonyl (C=O) groups excluding carboxylic acids is 3. The monoisotopic (exact) mass is 461 g/mol. The molecule has 1 fully saturated rings. The number of esters is 1. The summed E-state index contributed by atoms with van der Waals surface area (Å²) in [6.45, 7) is 10.2. The molecule has 2 amide bonds. The van der Waals surface area contributed by atoms with Crippen LogP contribution in [0.1, 0.15) is 64.5 Å². The van der Waals surface area contributed by atoms with Crippen LogP contribution in [-0.4, -0.2) is 55.9 Å². The van der Waals surface area contributed by atoms with Crippen molar-refractivity contribution in [1.82, 2.24) is 16.0 Å². The van der Waals surface area contributed by atoms with Crippen molar-refractivity contribution in [2.45, 2.75) is 77.4 Å². The van der Waals surface area contributed by atoms with Crippen molar-refractivity contribution in [2.24, 2.45) is 0 Å². The quantitative estimate of drug-likeness (QED) is 0.488. The maximum Gasteiger partial charge on any atom is 0.407 e. The zero-order valence-corrected chi connectivity index (χ0v) is 20.6. The summed E-state index contributed by atoms with van der Waals surface area (Å²) < 4.78 is 10.2. The normalized spacial score (nSPS) is 20.6. The van der Waals surface area contributed by atoms with Gasteiger partial charge in [-0.3, -0.25) is 9.59 Å². The summed E-state index contributed by atoms with van der Waals surface area (Å²) in [5.74, 6) is -0.672. The molecule has 0 saturated heterocycles. The minimum atomic E-state index is -0.546. The summed E-state index contributed by atoms with van der Waals surface area (Å²) in [4.78, 5) is 35.7. The molecule has 1 saturated carbocycles. The average Bonchev–Trinajstić information content (AvgIpc) is 2.74. The number of hydrogen-bond donors (Lipinski definition) is 3. The lowest BCUT2D eigenvalue weighted by molar-refractivity contribution is -0.143. The Morgan fingerprint density at radius 2 is 1.79 bits per heavy atom. The number of rotatable bonds is 9. The second-order valence-electron chi connectivity index (χ2n) is 9.74. The molecule has 8 heteroatoms. The van der Waals surface area contributed by atoms with E-state index in [0.717, 1.165) is 25.7 Å². The number of nitrogens with one attached hydrogen (secondary N) is 3. The maximum absolute atomic E-state index is 12.3. The van der Waals surface area contributed by atoms with E-state index in [4.69, 9.17) is 9.47 Å². The SMILES string of the molecule is CCOC(=O)CNC(=O)CNC1CCC(CNC(=O)OC(C)(C)C)(c2cccc(C)c2)CC1. The van der Waals surface area contributed by atoms with E-state index in [1.54, 1.807) is 6.92 Å². The largest absolute Gasteiger partial charge is 0.465 e. The zero-order valence-electron chi connectivity index (χ0n) is 20.6. The highest BCUT2D eigenvalue weighted by Gasteiger charge is 2.37. The Kier molecular flexibility index (Phi) is 9.70. The summed E-state index contributed by atoms with van der Waals surface area (Å²) in [5.41, 5.74) is 1.66. The van der Waals surface area contributed by atoms with Gasteiger partial charge in [0, 0.05) is 18.0 Å². The molecule has 1 aliphatic carbocycles. The lowest BCUT2D eigenvalue weighted by Crippen LogP contribution is -2.48. The van der Waals surface area contributed by atoms with E-state index in [-0.39, 0.29) is 30.5 Å². The number of alkyl carbamates (subject to hydrolysis) is 1. The highest BCUT2D eigenvalue weighted by molar-refractivity contribution is 5.83. The third-order valence-electron chi connectivity index (χ3n) is 5.83. The van der Waals surface area contributed by atoms with E-state index < -0.39 is 17.7 Å². The Morgan fingerprint density at radius 1 is 1.09 bits per heavy atom. The van der Waals surface area contributed by atoms with E-state index in [2.05, 4.69) is 47.1 Å². The summed E-state index contributed by atoms with van der Waals surface area (Å²) in [6, 6.07) is 8.63. The van der Waals surface area contributed by atoms with Crippen molar-refractivity contribution >= 4 is 18.0 Å². The van der Waals surface area contributed by atoms with Gasteiger partial charge in [0.1, 0.15) is 12.1 Å². The Bertz CT molecular complexity index is 811. The van der Waals surface area contributed by atoms with Crippen LogP contribution in [0.25, 0.3) is 0 Å². The van der Waals surface area contributed by atoms with Crippen molar-refractivity contribution < 1.29 is 23.9 Å². The number of ether oxygens (including phenoxy) is 2. The van der Waals surface area contributed by atoms with Crippen LogP contribution in [0, 0.1) is 6.92 Å². The first-order valence-electron chi connectivity index (χ1n) is 11.7. The van der Waals surface area contributed by atoms with Gasteiger partial charge in [-0.1, -0.05) is 29.8 Å². The van der Waals surface area contributed by atoms with Crippen LogP contribution >= 0.6 is 0 Å². The van der Waals surface area contributed by atoms with Gasteiger partial charge < -0.3 is 25.4 Å². The molecule has 0 unspecified atom stereocenters. The number of benzene rings is 1. The van der Waals surface area contributed by atoms with E-state index in [0.29, 0.717) is 13.2 Å². The molecule has 0 spiro atoms. The third kappa shape index (κ3) is 9.04. The topological polar surface area (TPSA) is 106 Å². The highest BCUT2D eigenvalue weighted by Crippen LogP contribution is 2.39. The second-order valence-corrected chi connectivity index (χ2v) is 9.74. The van der Waals surface area contributed by atoms with Crippen LogP contribution in [0.3, 0.4) is 0 Å². The van der Waals surface area contributed by atoms with Crippen LogP contribution in [0.5, 0.6) is 0 Å². The predicted molar refractivity (Wildman–Crippen MR) is 127 cm³/mol. The van der Waals surface area contributed by atoms with Crippen molar-refractivity contribution in [3.8, 4) is 0 Å². The molecular formula is C25H39N3O5. The van der Waals surface area contributed by atoms with Gasteiger partial charge in [-0.15, -0.1) is 0 Å². The van der Waals surface area contributed by atoms with Gasteiger partial charge in [0.05, 0.1) is 13.2 Å². The van der Waals surface area contributed by atoms with Gasteiger partial charge >= 0.3 is 12.1 Å². The Hall–Kier alpha value is -2.61. The molecule has 33 heavy (non-hydrogen) atoms. The zero-order chi connectivity index (χ0) is 24.5. The molecule has 2 rings (SSSR count). The molecule has 1 aromatic carbocycles. The fraction of sp³-hybridized carbons (Fsp3) is 0.640. The van der Waals surface area contributed by atoms with E-state index in [1.165, 1.54) is 11.1 Å². The standard InChI is InChI=1S/C25H39N3O5/c1-6-32-22(30)16-27-21(29)15-26-20-10-12-25(13-11-20,19-9-7-8-18(2)14-19)17-28-23(31)33-24(3,4)5/h7-9,14,20,26H,6,10-13,15-17H2,1-5H3,(H,27,29)(H,28,31). The van der Waals surface area contributed by atoms with Crippen LogP contribution < -0.4 is 16.0 Å². The summed E-state index contributed by atoms with van der Waals surface area (Å²) in [7, 11) is 0. The van der Waals surface area contributed by atoms with Gasteiger partial charge in [-0.25, -0.2) is 4.79 Å². The van der Waals surface area contributed by atoms with Crippen molar-refractivity contribution in [2.75, 3.05) is 26.2 Å². The maximum atomic E-state index is 12.3. The number of hydrogen-bond acceptors (Lipinski definition) is 6. The fourth-order valence-corrected chi connectivity index (χ4v) is 4.15. The Labute approximate surface area is 197 Å². The number of aryl methyl sites for hydroxylation is 1. The molecule has 0 aromatic heterocycles. The molecule has 0 atom stereocenters. The minimum absolute atomic E-state index is 0.119. The highest BCUT2D eigenvalue weighted by atomic mass is 16.6. The van der Waals surface area contributed by atoms with Gasteiger partial charge in [0.15, 0.2) is 0 Å². The summed E-state index contributed by atoms with van der Waals surface area (Å²) in [5, 5.41) is 8.85. The lowest BCUT2D eigenvalue weighted by atomic mass is 9.68.